The first-order valence-electron chi connectivity index (χ1n) is 9.75. The molecule has 156 valence electrons. The number of fused-ring (bicyclic) bond motifs is 3. The molecule has 0 fully saturated rings. The fraction of sp³-hybridized carbons (Fsp3) is 0.286. The Bertz CT molecular complexity index is 1170. The topological polar surface area (TPSA) is 97.2 Å². The van der Waals surface area contributed by atoms with Gasteiger partial charge in [-0.15, -0.1) is 0 Å². The van der Waals surface area contributed by atoms with Gasteiger partial charge in [-0.1, -0.05) is 26.0 Å². The average Bonchev–Trinajstić information content (AvgIpc) is 3.11. The second kappa shape index (κ2) is 8.00. The van der Waals surface area contributed by atoms with Crippen LogP contribution in [0.15, 0.2) is 60.0 Å². The molecule has 0 unspecified atom stereocenters. The van der Waals surface area contributed by atoms with Crippen LogP contribution < -0.4 is 5.32 Å². The van der Waals surface area contributed by atoms with Gasteiger partial charge in [0.05, 0.1) is 29.8 Å². The third-order valence-electron chi connectivity index (χ3n) is 5.03. The number of carbonyl (C=O) groups excluding carboxylic acids is 1. The predicted molar refractivity (Wildman–Crippen MR) is 113 cm³/mol. The van der Waals surface area contributed by atoms with Gasteiger partial charge in [-0.3, -0.25) is 14.3 Å². The van der Waals surface area contributed by atoms with E-state index in [1.807, 2.05) is 0 Å². The molecule has 30 heavy (non-hydrogen) atoms. The summed E-state index contributed by atoms with van der Waals surface area (Å²) in [6.45, 7) is 4.54. The van der Waals surface area contributed by atoms with Crippen molar-refractivity contribution in [3.63, 3.8) is 0 Å². The molecule has 0 saturated carbocycles. The van der Waals surface area contributed by atoms with Crippen LogP contribution in [0.1, 0.15) is 36.5 Å². The van der Waals surface area contributed by atoms with Crippen LogP contribution in [0.2, 0.25) is 0 Å². The number of aromatic nitrogens is 3. The number of anilines is 1. The summed E-state index contributed by atoms with van der Waals surface area (Å²) in [5, 5.41) is 2.78. The Kier molecular flexibility index (Phi) is 5.40. The van der Waals surface area contributed by atoms with Crippen LogP contribution in [0.4, 0.5) is 5.69 Å². The number of pyridine rings is 1. The van der Waals surface area contributed by atoms with Gasteiger partial charge in [0.1, 0.15) is 11.2 Å². The zero-order valence-corrected chi connectivity index (χ0v) is 17.6. The Morgan fingerprint density at radius 3 is 2.73 bits per heavy atom. The molecule has 9 heteroatoms. The molecular formula is C21H23N5O3S. The summed E-state index contributed by atoms with van der Waals surface area (Å²) < 4.78 is 29.9. The van der Waals surface area contributed by atoms with Gasteiger partial charge in [-0.2, -0.15) is 4.31 Å². The Morgan fingerprint density at radius 2 is 2.00 bits per heavy atom. The highest BCUT2D eigenvalue weighted by Crippen LogP contribution is 2.31. The van der Waals surface area contributed by atoms with Crippen molar-refractivity contribution < 1.29 is 13.2 Å². The third kappa shape index (κ3) is 3.73. The minimum absolute atomic E-state index is 0.0690. The van der Waals surface area contributed by atoms with Gasteiger partial charge in [-0.25, -0.2) is 13.4 Å². The van der Waals surface area contributed by atoms with Crippen molar-refractivity contribution >= 4 is 21.6 Å². The van der Waals surface area contributed by atoms with E-state index in [0.29, 0.717) is 36.0 Å². The summed E-state index contributed by atoms with van der Waals surface area (Å²) in [4.78, 5) is 21.5. The van der Waals surface area contributed by atoms with E-state index >= 15 is 0 Å². The van der Waals surface area contributed by atoms with Gasteiger partial charge in [0.2, 0.25) is 10.0 Å². The number of carbonyl (C=O) groups is 1. The molecule has 1 amide bonds. The standard InChI is InChI=1S/C21H23N5O3S/c1-15(2)9-11-25-13-18-20(21(27)24-16-6-5-10-22-12-16)23-14-26(18)17-7-3-4-8-19(17)30(25,28)29/h3-8,10,12,14-15H,9,11,13H2,1-2H3,(H,24,27). The van der Waals surface area contributed by atoms with E-state index in [4.69, 9.17) is 0 Å². The number of amides is 1. The number of hydrogen-bond acceptors (Lipinski definition) is 5. The molecule has 0 spiro atoms. The van der Waals surface area contributed by atoms with Crippen LogP contribution in [0.5, 0.6) is 0 Å². The predicted octanol–water partition coefficient (Wildman–Crippen LogP) is 3.07. The van der Waals surface area contributed by atoms with Crippen molar-refractivity contribution in [2.45, 2.75) is 31.7 Å². The molecule has 3 aromatic rings. The Balaban J connectivity index is 1.78. The summed E-state index contributed by atoms with van der Waals surface area (Å²) in [6, 6.07) is 10.3. The highest BCUT2D eigenvalue weighted by molar-refractivity contribution is 7.89. The summed E-state index contributed by atoms with van der Waals surface area (Å²) >= 11 is 0. The number of sulfonamides is 1. The molecule has 1 N–H and O–H groups in total. The average molecular weight is 426 g/mol. The molecule has 0 atom stereocenters. The maximum absolute atomic E-state index is 13.4. The van der Waals surface area contributed by atoms with E-state index in [-0.39, 0.29) is 17.1 Å². The van der Waals surface area contributed by atoms with Gasteiger partial charge < -0.3 is 5.32 Å². The van der Waals surface area contributed by atoms with E-state index in [2.05, 4.69) is 29.1 Å². The number of nitrogens with zero attached hydrogens (tertiary/aromatic N) is 4. The number of nitrogens with one attached hydrogen (secondary N) is 1. The van der Waals surface area contributed by atoms with Gasteiger partial charge in [0.25, 0.3) is 5.91 Å². The molecule has 0 bridgehead atoms. The molecule has 0 aliphatic carbocycles. The Labute approximate surface area is 175 Å². The van der Waals surface area contributed by atoms with E-state index in [0.717, 1.165) is 0 Å². The van der Waals surface area contributed by atoms with Crippen molar-refractivity contribution in [2.75, 3.05) is 11.9 Å². The maximum atomic E-state index is 13.4. The molecule has 2 aromatic heterocycles. The van der Waals surface area contributed by atoms with Crippen molar-refractivity contribution in [3.05, 3.63) is 66.5 Å². The zero-order chi connectivity index (χ0) is 21.3. The monoisotopic (exact) mass is 425 g/mol. The highest BCUT2D eigenvalue weighted by atomic mass is 32.2. The van der Waals surface area contributed by atoms with Crippen LogP contribution in [-0.2, 0) is 16.6 Å². The molecule has 8 nitrogen and oxygen atoms in total. The van der Waals surface area contributed by atoms with Crippen molar-refractivity contribution in [3.8, 4) is 5.69 Å². The summed E-state index contributed by atoms with van der Waals surface area (Å²) in [7, 11) is -3.71. The van der Waals surface area contributed by atoms with E-state index in [9.17, 15) is 13.2 Å². The Hall–Kier alpha value is -3.04. The first-order chi connectivity index (χ1) is 14.4. The number of para-hydroxylation sites is 1. The molecule has 0 saturated heterocycles. The van der Waals surface area contributed by atoms with Crippen LogP contribution in [-0.4, -0.2) is 39.7 Å². The third-order valence-corrected chi connectivity index (χ3v) is 6.92. The summed E-state index contributed by atoms with van der Waals surface area (Å²) in [6.07, 6.45) is 5.38. The van der Waals surface area contributed by atoms with Gasteiger partial charge >= 0.3 is 0 Å². The lowest BCUT2D eigenvalue weighted by molar-refractivity contribution is 0.102. The van der Waals surface area contributed by atoms with E-state index in [1.165, 1.54) is 10.6 Å². The quantitative estimate of drug-likeness (QED) is 0.678. The van der Waals surface area contributed by atoms with E-state index in [1.54, 1.807) is 53.4 Å². The van der Waals surface area contributed by atoms with Crippen LogP contribution in [0, 0.1) is 5.92 Å². The molecule has 0 radical (unpaired) electrons. The van der Waals surface area contributed by atoms with Gasteiger partial charge in [-0.05, 0) is 36.6 Å². The van der Waals surface area contributed by atoms with Crippen LogP contribution in [0.25, 0.3) is 5.69 Å². The van der Waals surface area contributed by atoms with Crippen LogP contribution >= 0.6 is 0 Å². The van der Waals surface area contributed by atoms with Crippen molar-refractivity contribution in [1.29, 1.82) is 0 Å². The van der Waals surface area contributed by atoms with Crippen molar-refractivity contribution in [1.82, 2.24) is 18.8 Å². The minimum Gasteiger partial charge on any atom is -0.319 e. The van der Waals surface area contributed by atoms with Crippen molar-refractivity contribution in [2.24, 2.45) is 5.92 Å². The number of benzene rings is 1. The summed E-state index contributed by atoms with van der Waals surface area (Å²) in [5.74, 6) is -0.0608. The van der Waals surface area contributed by atoms with Gasteiger partial charge in [0, 0.05) is 12.7 Å². The molecule has 3 heterocycles. The Morgan fingerprint density at radius 1 is 1.20 bits per heavy atom. The lowest BCUT2D eigenvalue weighted by Gasteiger charge is -2.21. The summed E-state index contributed by atoms with van der Waals surface area (Å²) in [5.41, 5.74) is 1.77. The lowest BCUT2D eigenvalue weighted by atomic mass is 10.1. The molecule has 1 aliphatic heterocycles. The lowest BCUT2D eigenvalue weighted by Crippen LogP contribution is -2.32. The first kappa shape index (κ1) is 20.2. The smallest absolute Gasteiger partial charge is 0.276 e. The highest BCUT2D eigenvalue weighted by Gasteiger charge is 2.34. The molecule has 4 rings (SSSR count). The second-order valence-corrected chi connectivity index (χ2v) is 9.50. The number of hydrogen-bond donors (Lipinski definition) is 1. The molecule has 1 aliphatic rings. The maximum Gasteiger partial charge on any atom is 0.276 e. The molecular weight excluding hydrogens is 402 g/mol. The fourth-order valence-corrected chi connectivity index (χ4v) is 5.01. The molecule has 1 aromatic carbocycles. The normalized spacial score (nSPS) is 15.3. The minimum atomic E-state index is -3.71. The fourth-order valence-electron chi connectivity index (χ4n) is 3.42. The number of rotatable bonds is 5. The van der Waals surface area contributed by atoms with Gasteiger partial charge in [0.15, 0.2) is 5.69 Å². The largest absolute Gasteiger partial charge is 0.319 e. The second-order valence-electron chi connectivity index (χ2n) is 7.59. The SMILES string of the molecule is CC(C)CCN1Cc2c(C(=O)Nc3cccnc3)ncn2-c2ccccc2S1(=O)=O. The number of imidazole rings is 1. The van der Waals surface area contributed by atoms with E-state index < -0.39 is 15.9 Å². The first-order valence-corrected chi connectivity index (χ1v) is 11.2. The van der Waals surface area contributed by atoms with Crippen LogP contribution in [0.3, 0.4) is 0 Å². The zero-order valence-electron chi connectivity index (χ0n) is 16.8.